The largest absolute Gasteiger partial charge is 0.367 e. The zero-order chi connectivity index (χ0) is 14.8. The number of hydrogen-bond donors (Lipinski definition) is 2. The molecule has 114 valence electrons. The summed E-state index contributed by atoms with van der Waals surface area (Å²) in [6.07, 6.45) is 4.15. The third kappa shape index (κ3) is 6.19. The lowest BCUT2D eigenvalue weighted by atomic mass is 10.1. The first-order valence-corrected chi connectivity index (χ1v) is 7.75. The van der Waals surface area contributed by atoms with Crippen molar-refractivity contribution < 1.29 is 0 Å². The number of aromatic nitrogens is 2. The second kappa shape index (κ2) is 9.53. The zero-order valence-corrected chi connectivity index (χ0v) is 13.3. The van der Waals surface area contributed by atoms with E-state index in [0.29, 0.717) is 12.0 Å². The molecule has 0 saturated heterocycles. The van der Waals surface area contributed by atoms with Crippen LogP contribution in [0.4, 0.5) is 11.8 Å². The molecule has 5 nitrogen and oxygen atoms in total. The van der Waals surface area contributed by atoms with Gasteiger partial charge in [0.15, 0.2) is 0 Å². The molecule has 1 aromatic rings. The highest BCUT2D eigenvalue weighted by Crippen LogP contribution is 2.09. The van der Waals surface area contributed by atoms with Crippen LogP contribution in [0.15, 0.2) is 12.3 Å². The molecule has 0 aliphatic heterocycles. The summed E-state index contributed by atoms with van der Waals surface area (Å²) in [7, 11) is 0. The normalized spacial score (nSPS) is 12.4. The van der Waals surface area contributed by atoms with Crippen molar-refractivity contribution in [1.29, 1.82) is 0 Å². The Morgan fingerprint density at radius 2 is 2.00 bits per heavy atom. The van der Waals surface area contributed by atoms with Crippen LogP contribution in [0.5, 0.6) is 0 Å². The number of nitrogens with one attached hydrogen (secondary N) is 2. The Hall–Kier alpha value is -1.36. The van der Waals surface area contributed by atoms with Crippen molar-refractivity contribution in [3.63, 3.8) is 0 Å². The average Bonchev–Trinajstić information content (AvgIpc) is 2.44. The van der Waals surface area contributed by atoms with Crippen molar-refractivity contribution in [2.45, 2.75) is 46.6 Å². The molecular weight excluding hydrogens is 250 g/mol. The molecule has 2 N–H and O–H groups in total. The molecule has 0 saturated carbocycles. The Kier molecular flexibility index (Phi) is 7.95. The zero-order valence-electron chi connectivity index (χ0n) is 13.3. The summed E-state index contributed by atoms with van der Waals surface area (Å²) in [5.74, 6) is 1.58. The third-order valence-electron chi connectivity index (χ3n) is 3.39. The highest BCUT2D eigenvalue weighted by molar-refractivity contribution is 5.40. The van der Waals surface area contributed by atoms with Gasteiger partial charge in [0.25, 0.3) is 0 Å². The molecule has 20 heavy (non-hydrogen) atoms. The van der Waals surface area contributed by atoms with Gasteiger partial charge in [0, 0.05) is 18.8 Å². The maximum Gasteiger partial charge on any atom is 0.224 e. The van der Waals surface area contributed by atoms with Crippen molar-refractivity contribution in [3.8, 4) is 0 Å². The van der Waals surface area contributed by atoms with E-state index >= 15 is 0 Å². The summed E-state index contributed by atoms with van der Waals surface area (Å²) in [6.45, 7) is 13.0. The van der Waals surface area contributed by atoms with Gasteiger partial charge in [0.2, 0.25) is 5.95 Å². The van der Waals surface area contributed by atoms with Gasteiger partial charge in [-0.05, 0) is 52.4 Å². The van der Waals surface area contributed by atoms with Crippen LogP contribution in [-0.2, 0) is 0 Å². The van der Waals surface area contributed by atoms with E-state index in [1.807, 2.05) is 13.0 Å². The Labute approximate surface area is 123 Å². The first kappa shape index (κ1) is 16.7. The van der Waals surface area contributed by atoms with Crippen LogP contribution in [0.2, 0.25) is 0 Å². The minimum atomic E-state index is 0.426. The standard InChI is InChI=1S/C15H29N5/c1-5-16-15-17-11-10-14(19-15)18-13(4)9-8-12-20(6-2)7-3/h10-11,13H,5-9,12H2,1-4H3,(H2,16,17,18,19). The quantitative estimate of drug-likeness (QED) is 0.690. The van der Waals surface area contributed by atoms with Crippen LogP contribution in [0.1, 0.15) is 40.5 Å². The van der Waals surface area contributed by atoms with Crippen LogP contribution >= 0.6 is 0 Å². The number of anilines is 2. The minimum Gasteiger partial charge on any atom is -0.367 e. The molecule has 0 aromatic carbocycles. The van der Waals surface area contributed by atoms with Gasteiger partial charge in [0.05, 0.1) is 0 Å². The van der Waals surface area contributed by atoms with E-state index < -0.39 is 0 Å². The maximum atomic E-state index is 4.43. The van der Waals surface area contributed by atoms with Gasteiger partial charge < -0.3 is 15.5 Å². The monoisotopic (exact) mass is 279 g/mol. The van der Waals surface area contributed by atoms with Gasteiger partial charge in [-0.2, -0.15) is 4.98 Å². The summed E-state index contributed by atoms with van der Waals surface area (Å²) in [6, 6.07) is 2.34. The van der Waals surface area contributed by atoms with Gasteiger partial charge in [-0.1, -0.05) is 13.8 Å². The summed E-state index contributed by atoms with van der Waals surface area (Å²) in [4.78, 5) is 11.1. The molecule has 0 spiro atoms. The molecule has 1 heterocycles. The molecule has 1 atom stereocenters. The lowest BCUT2D eigenvalue weighted by Crippen LogP contribution is -2.25. The minimum absolute atomic E-state index is 0.426. The molecule has 0 fully saturated rings. The topological polar surface area (TPSA) is 53.1 Å². The van der Waals surface area contributed by atoms with Gasteiger partial charge in [0.1, 0.15) is 5.82 Å². The van der Waals surface area contributed by atoms with Crippen LogP contribution in [0.25, 0.3) is 0 Å². The summed E-state index contributed by atoms with van der Waals surface area (Å²) < 4.78 is 0. The fraction of sp³-hybridized carbons (Fsp3) is 0.733. The van der Waals surface area contributed by atoms with Crippen LogP contribution < -0.4 is 10.6 Å². The molecule has 1 rings (SSSR count). The second-order valence-corrected chi connectivity index (χ2v) is 5.01. The molecule has 1 unspecified atom stereocenters. The fourth-order valence-corrected chi connectivity index (χ4v) is 2.17. The smallest absolute Gasteiger partial charge is 0.224 e. The van der Waals surface area contributed by atoms with E-state index in [1.165, 1.54) is 13.0 Å². The van der Waals surface area contributed by atoms with Crippen LogP contribution in [0.3, 0.4) is 0 Å². The van der Waals surface area contributed by atoms with Gasteiger partial charge >= 0.3 is 0 Å². The van der Waals surface area contributed by atoms with Crippen molar-refractivity contribution in [2.75, 3.05) is 36.8 Å². The van der Waals surface area contributed by atoms with Crippen molar-refractivity contribution in [2.24, 2.45) is 0 Å². The lowest BCUT2D eigenvalue weighted by Gasteiger charge is -2.20. The number of hydrogen-bond acceptors (Lipinski definition) is 5. The van der Waals surface area contributed by atoms with E-state index in [4.69, 9.17) is 0 Å². The number of rotatable bonds is 10. The third-order valence-corrected chi connectivity index (χ3v) is 3.39. The van der Waals surface area contributed by atoms with E-state index in [9.17, 15) is 0 Å². The first-order chi connectivity index (χ1) is 9.69. The fourth-order valence-electron chi connectivity index (χ4n) is 2.17. The van der Waals surface area contributed by atoms with E-state index in [2.05, 4.69) is 46.3 Å². The Balaban J connectivity index is 2.34. The lowest BCUT2D eigenvalue weighted by molar-refractivity contribution is 0.295. The molecule has 0 bridgehead atoms. The summed E-state index contributed by atoms with van der Waals surface area (Å²) in [5.41, 5.74) is 0. The molecular formula is C15H29N5. The Morgan fingerprint density at radius 3 is 2.65 bits per heavy atom. The molecule has 0 amide bonds. The summed E-state index contributed by atoms with van der Waals surface area (Å²) >= 11 is 0. The van der Waals surface area contributed by atoms with E-state index in [0.717, 1.165) is 31.9 Å². The second-order valence-electron chi connectivity index (χ2n) is 5.01. The highest BCUT2D eigenvalue weighted by Gasteiger charge is 2.05. The molecule has 5 heteroatoms. The van der Waals surface area contributed by atoms with Crippen LogP contribution in [-0.4, -0.2) is 47.1 Å². The van der Waals surface area contributed by atoms with E-state index in [1.54, 1.807) is 6.20 Å². The van der Waals surface area contributed by atoms with E-state index in [-0.39, 0.29) is 0 Å². The Morgan fingerprint density at radius 1 is 1.25 bits per heavy atom. The SMILES string of the molecule is CCNc1nccc(NC(C)CCCN(CC)CC)n1. The van der Waals surface area contributed by atoms with Gasteiger partial charge in [-0.3, -0.25) is 0 Å². The predicted octanol–water partition coefficient (Wildman–Crippen LogP) is 2.83. The van der Waals surface area contributed by atoms with Crippen LogP contribution in [0, 0.1) is 0 Å². The molecule has 0 radical (unpaired) electrons. The average molecular weight is 279 g/mol. The van der Waals surface area contributed by atoms with Crippen molar-refractivity contribution >= 4 is 11.8 Å². The van der Waals surface area contributed by atoms with Crippen molar-refractivity contribution in [1.82, 2.24) is 14.9 Å². The first-order valence-electron chi connectivity index (χ1n) is 7.75. The Bertz CT molecular complexity index is 365. The summed E-state index contributed by atoms with van der Waals surface area (Å²) in [5, 5.41) is 6.57. The number of nitrogens with zero attached hydrogens (tertiary/aromatic N) is 3. The van der Waals surface area contributed by atoms with Gasteiger partial charge in [-0.25, -0.2) is 4.98 Å². The van der Waals surface area contributed by atoms with Crippen molar-refractivity contribution in [3.05, 3.63) is 12.3 Å². The predicted molar refractivity (Wildman–Crippen MR) is 86.3 cm³/mol. The highest BCUT2D eigenvalue weighted by atomic mass is 15.1. The molecule has 1 aromatic heterocycles. The molecule has 0 aliphatic carbocycles. The maximum absolute atomic E-state index is 4.43. The van der Waals surface area contributed by atoms with Gasteiger partial charge in [-0.15, -0.1) is 0 Å². The molecule has 0 aliphatic rings.